The van der Waals surface area contributed by atoms with Gasteiger partial charge in [-0.15, -0.1) is 0 Å². The van der Waals surface area contributed by atoms with Crippen LogP contribution in [0.15, 0.2) is 18.2 Å². The number of aliphatic hydroxyl groups excluding tert-OH is 5. The van der Waals surface area contributed by atoms with Crippen molar-refractivity contribution in [2.75, 3.05) is 0 Å². The lowest BCUT2D eigenvalue weighted by Crippen LogP contribution is -2.68. The molecule has 22 heavy (non-hydrogen) atoms. The molecular weight excluding hydrogens is 304 g/mol. The van der Waals surface area contributed by atoms with Crippen molar-refractivity contribution in [1.82, 2.24) is 5.32 Å². The minimum atomic E-state index is -1.82. The predicted molar refractivity (Wildman–Crippen MR) is 67.6 cm³/mol. The van der Waals surface area contributed by atoms with Gasteiger partial charge in [-0.1, -0.05) is 0 Å². The Morgan fingerprint density at radius 3 is 1.91 bits per heavy atom. The van der Waals surface area contributed by atoms with Crippen molar-refractivity contribution in [2.45, 2.75) is 36.6 Å². The van der Waals surface area contributed by atoms with E-state index in [4.69, 9.17) is 0 Å². The standard InChI is InChI=1S/C13H15F2NO6/c14-4-1-2-5(6(15)3-4)13(22)16-7-8(17)10(19)12(21)11(20)9(7)18/h1-3,7-12,17-21H,(H,16,22)/t7?,8-,9+,10+,11-,12?. The smallest absolute Gasteiger partial charge is 0.254 e. The van der Waals surface area contributed by atoms with E-state index in [0.29, 0.717) is 6.07 Å². The number of benzene rings is 1. The number of rotatable bonds is 2. The molecule has 0 radical (unpaired) electrons. The quantitative estimate of drug-likeness (QED) is 0.370. The summed E-state index contributed by atoms with van der Waals surface area (Å²) in [5.41, 5.74) is -0.545. The lowest BCUT2D eigenvalue weighted by atomic mass is 9.83. The normalized spacial score (nSPS) is 35.2. The summed E-state index contributed by atoms with van der Waals surface area (Å²) in [5.74, 6) is -3.13. The summed E-state index contributed by atoms with van der Waals surface area (Å²) < 4.78 is 26.3. The van der Waals surface area contributed by atoms with Gasteiger partial charge < -0.3 is 30.8 Å². The Morgan fingerprint density at radius 1 is 0.909 bits per heavy atom. The van der Waals surface area contributed by atoms with Gasteiger partial charge in [-0.3, -0.25) is 4.79 Å². The average molecular weight is 319 g/mol. The van der Waals surface area contributed by atoms with Gasteiger partial charge in [0.05, 0.1) is 11.6 Å². The molecule has 7 nitrogen and oxygen atoms in total. The summed E-state index contributed by atoms with van der Waals surface area (Å²) in [6.45, 7) is 0. The molecule has 1 aliphatic rings. The molecule has 6 N–H and O–H groups in total. The first kappa shape index (κ1) is 16.7. The van der Waals surface area contributed by atoms with Crippen LogP contribution in [-0.2, 0) is 0 Å². The van der Waals surface area contributed by atoms with E-state index in [1.165, 1.54) is 0 Å². The molecule has 1 fully saturated rings. The molecule has 1 aromatic rings. The number of halogens is 2. The molecule has 1 aliphatic carbocycles. The van der Waals surface area contributed by atoms with Gasteiger partial charge in [-0.2, -0.15) is 0 Å². The van der Waals surface area contributed by atoms with E-state index in [1.54, 1.807) is 0 Å². The first-order valence-corrected chi connectivity index (χ1v) is 6.40. The zero-order valence-electron chi connectivity index (χ0n) is 11.1. The lowest BCUT2D eigenvalue weighted by Gasteiger charge is -2.42. The minimum Gasteiger partial charge on any atom is -0.388 e. The highest BCUT2D eigenvalue weighted by atomic mass is 19.1. The second-order valence-electron chi connectivity index (χ2n) is 5.08. The van der Waals surface area contributed by atoms with Gasteiger partial charge in [0.15, 0.2) is 0 Å². The number of carbonyl (C=O) groups is 1. The first-order chi connectivity index (χ1) is 10.2. The molecule has 122 valence electrons. The molecular formula is C13H15F2NO6. The summed E-state index contributed by atoms with van der Waals surface area (Å²) in [5, 5.41) is 50.0. The van der Waals surface area contributed by atoms with Crippen molar-refractivity contribution in [2.24, 2.45) is 0 Å². The Bertz CT molecular complexity index is 555. The Hall–Kier alpha value is -1.65. The van der Waals surface area contributed by atoms with Gasteiger partial charge >= 0.3 is 0 Å². The van der Waals surface area contributed by atoms with E-state index >= 15 is 0 Å². The van der Waals surface area contributed by atoms with Crippen molar-refractivity contribution in [3.63, 3.8) is 0 Å². The second kappa shape index (κ2) is 6.23. The van der Waals surface area contributed by atoms with Gasteiger partial charge in [-0.25, -0.2) is 8.78 Å². The van der Waals surface area contributed by atoms with Crippen LogP contribution in [0.25, 0.3) is 0 Å². The third-order valence-corrected chi connectivity index (χ3v) is 3.61. The summed E-state index contributed by atoms with van der Waals surface area (Å²) in [4.78, 5) is 11.9. The molecule has 0 bridgehead atoms. The van der Waals surface area contributed by atoms with E-state index in [0.717, 1.165) is 12.1 Å². The molecule has 0 aliphatic heterocycles. The van der Waals surface area contributed by atoms with Crippen LogP contribution < -0.4 is 5.32 Å². The van der Waals surface area contributed by atoms with Crippen molar-refractivity contribution < 1.29 is 39.1 Å². The molecule has 6 atom stereocenters. The first-order valence-electron chi connectivity index (χ1n) is 6.40. The predicted octanol–water partition coefficient (Wildman–Crippen LogP) is -2.12. The topological polar surface area (TPSA) is 130 Å². The molecule has 0 aromatic heterocycles. The van der Waals surface area contributed by atoms with Gasteiger partial charge in [-0.05, 0) is 12.1 Å². The van der Waals surface area contributed by atoms with Crippen LogP contribution in [0, 0.1) is 11.6 Å². The van der Waals surface area contributed by atoms with Crippen LogP contribution in [0.2, 0.25) is 0 Å². The zero-order valence-corrected chi connectivity index (χ0v) is 11.1. The highest BCUT2D eigenvalue weighted by Crippen LogP contribution is 2.22. The summed E-state index contributed by atoms with van der Waals surface area (Å²) in [6.07, 6.45) is -9.02. The largest absolute Gasteiger partial charge is 0.388 e. The van der Waals surface area contributed by atoms with Crippen molar-refractivity contribution in [3.8, 4) is 0 Å². The monoisotopic (exact) mass is 319 g/mol. The Labute approximate surface area is 123 Å². The fourth-order valence-corrected chi connectivity index (χ4v) is 2.31. The van der Waals surface area contributed by atoms with Crippen LogP contribution in [0.4, 0.5) is 8.78 Å². The van der Waals surface area contributed by atoms with E-state index in [1.807, 2.05) is 5.32 Å². The Kier molecular flexibility index (Phi) is 4.73. The molecule has 0 spiro atoms. The maximum absolute atomic E-state index is 13.5. The highest BCUT2D eigenvalue weighted by Gasteiger charge is 2.48. The minimum absolute atomic E-state index is 0.482. The lowest BCUT2D eigenvalue weighted by molar-refractivity contribution is -0.188. The fourth-order valence-electron chi connectivity index (χ4n) is 2.31. The number of hydrogen-bond donors (Lipinski definition) is 6. The molecule has 1 amide bonds. The van der Waals surface area contributed by atoms with Crippen LogP contribution in [0.3, 0.4) is 0 Å². The summed E-state index contributed by atoms with van der Waals surface area (Å²) in [7, 11) is 0. The average Bonchev–Trinajstić information content (AvgIpc) is 2.47. The molecule has 1 aromatic carbocycles. The second-order valence-corrected chi connectivity index (χ2v) is 5.08. The fraction of sp³-hybridized carbons (Fsp3) is 0.462. The maximum atomic E-state index is 13.5. The van der Waals surface area contributed by atoms with Crippen molar-refractivity contribution >= 4 is 5.91 Å². The molecule has 9 heteroatoms. The van der Waals surface area contributed by atoms with E-state index in [9.17, 15) is 39.1 Å². The number of amides is 1. The van der Waals surface area contributed by atoms with Crippen molar-refractivity contribution in [1.29, 1.82) is 0 Å². The Morgan fingerprint density at radius 2 is 1.41 bits per heavy atom. The number of aliphatic hydroxyl groups is 5. The number of carbonyl (C=O) groups excluding carboxylic acids is 1. The molecule has 0 heterocycles. The van der Waals surface area contributed by atoms with E-state index in [2.05, 4.69) is 0 Å². The van der Waals surface area contributed by atoms with Crippen LogP contribution >= 0.6 is 0 Å². The van der Waals surface area contributed by atoms with Crippen LogP contribution in [0.1, 0.15) is 10.4 Å². The van der Waals surface area contributed by atoms with Crippen LogP contribution in [-0.4, -0.2) is 68.0 Å². The zero-order chi connectivity index (χ0) is 16.6. The van der Waals surface area contributed by atoms with Gasteiger partial charge in [0.2, 0.25) is 0 Å². The summed E-state index contributed by atoms with van der Waals surface area (Å²) in [6, 6.07) is 0.642. The number of nitrogens with one attached hydrogen (secondary N) is 1. The molecule has 2 unspecified atom stereocenters. The van der Waals surface area contributed by atoms with E-state index < -0.39 is 59.7 Å². The van der Waals surface area contributed by atoms with Gasteiger partial charge in [0.25, 0.3) is 5.91 Å². The molecule has 1 saturated carbocycles. The molecule has 2 rings (SSSR count). The van der Waals surface area contributed by atoms with Gasteiger partial charge in [0.1, 0.15) is 42.2 Å². The molecule has 0 saturated heterocycles. The van der Waals surface area contributed by atoms with Crippen LogP contribution in [0.5, 0.6) is 0 Å². The Balaban J connectivity index is 2.19. The third kappa shape index (κ3) is 2.94. The van der Waals surface area contributed by atoms with Gasteiger partial charge in [0, 0.05) is 6.07 Å². The SMILES string of the molecule is O=C(NC1[C@@H](O)[C@H](O)C(O)[C@H](O)[C@H]1O)c1ccc(F)cc1F. The highest BCUT2D eigenvalue weighted by molar-refractivity contribution is 5.94. The summed E-state index contributed by atoms with van der Waals surface area (Å²) >= 11 is 0. The van der Waals surface area contributed by atoms with Crippen molar-refractivity contribution in [3.05, 3.63) is 35.4 Å². The maximum Gasteiger partial charge on any atom is 0.254 e. The third-order valence-electron chi connectivity index (χ3n) is 3.61. The van der Waals surface area contributed by atoms with E-state index in [-0.39, 0.29) is 0 Å². The number of hydrogen-bond acceptors (Lipinski definition) is 6.